The lowest BCUT2D eigenvalue weighted by Gasteiger charge is -2.07. The van der Waals surface area contributed by atoms with E-state index in [1.807, 2.05) is 24.3 Å². The topological polar surface area (TPSA) is 38.3 Å². The SMILES string of the molecule is COc1ccc(CCC(=O)CCC2CCNC2)cc1. The molecule has 0 spiro atoms. The second-order valence-corrected chi connectivity index (χ2v) is 5.28. The molecule has 1 fully saturated rings. The standard InChI is InChI=1S/C16H23NO2/c1-19-16-8-4-13(5-9-16)2-6-15(18)7-3-14-10-11-17-12-14/h4-5,8-9,14,17H,2-3,6-7,10-12H2,1H3. The van der Waals surface area contributed by atoms with Crippen LogP contribution < -0.4 is 10.1 Å². The third-order valence-electron chi connectivity index (χ3n) is 3.85. The van der Waals surface area contributed by atoms with Gasteiger partial charge in [-0.2, -0.15) is 0 Å². The van der Waals surface area contributed by atoms with Crippen LogP contribution in [0.5, 0.6) is 5.75 Å². The predicted octanol–water partition coefficient (Wildman–Crippen LogP) is 2.59. The van der Waals surface area contributed by atoms with Crippen LogP contribution in [0.2, 0.25) is 0 Å². The number of nitrogens with one attached hydrogen (secondary N) is 1. The van der Waals surface area contributed by atoms with Crippen molar-refractivity contribution in [1.29, 1.82) is 0 Å². The van der Waals surface area contributed by atoms with Gasteiger partial charge in [0.1, 0.15) is 11.5 Å². The smallest absolute Gasteiger partial charge is 0.133 e. The van der Waals surface area contributed by atoms with Crippen molar-refractivity contribution in [1.82, 2.24) is 5.32 Å². The molecular weight excluding hydrogens is 238 g/mol. The number of hydrogen-bond donors (Lipinski definition) is 1. The van der Waals surface area contributed by atoms with Crippen LogP contribution in [0.25, 0.3) is 0 Å². The Balaban J connectivity index is 1.67. The van der Waals surface area contributed by atoms with Gasteiger partial charge in [-0.1, -0.05) is 12.1 Å². The molecule has 3 nitrogen and oxygen atoms in total. The Labute approximate surface area is 115 Å². The summed E-state index contributed by atoms with van der Waals surface area (Å²) in [5.74, 6) is 1.97. The lowest BCUT2D eigenvalue weighted by Crippen LogP contribution is -2.10. The van der Waals surface area contributed by atoms with Gasteiger partial charge in [-0.15, -0.1) is 0 Å². The number of Topliss-reactive ketones (excluding diaryl/α,β-unsaturated/α-hetero) is 1. The van der Waals surface area contributed by atoms with Crippen molar-refractivity contribution in [2.75, 3.05) is 20.2 Å². The summed E-state index contributed by atoms with van der Waals surface area (Å²) in [5.41, 5.74) is 1.21. The van der Waals surface area contributed by atoms with Gasteiger partial charge < -0.3 is 10.1 Å². The van der Waals surface area contributed by atoms with Gasteiger partial charge in [0.05, 0.1) is 7.11 Å². The monoisotopic (exact) mass is 261 g/mol. The fourth-order valence-corrected chi connectivity index (χ4v) is 2.53. The van der Waals surface area contributed by atoms with E-state index >= 15 is 0 Å². The average Bonchev–Trinajstić information content (AvgIpc) is 2.96. The maximum absolute atomic E-state index is 11.9. The van der Waals surface area contributed by atoms with E-state index in [2.05, 4.69) is 5.32 Å². The molecule has 1 saturated heterocycles. The molecule has 1 aliphatic heterocycles. The predicted molar refractivity (Wildman–Crippen MR) is 76.5 cm³/mol. The van der Waals surface area contributed by atoms with Crippen LogP contribution in [0.4, 0.5) is 0 Å². The van der Waals surface area contributed by atoms with E-state index in [-0.39, 0.29) is 0 Å². The highest BCUT2D eigenvalue weighted by Gasteiger charge is 2.15. The molecule has 0 radical (unpaired) electrons. The summed E-state index contributed by atoms with van der Waals surface area (Å²) < 4.78 is 5.12. The number of carbonyl (C=O) groups excluding carboxylic acids is 1. The van der Waals surface area contributed by atoms with E-state index in [0.29, 0.717) is 18.1 Å². The third kappa shape index (κ3) is 4.67. The zero-order valence-corrected chi connectivity index (χ0v) is 11.7. The van der Waals surface area contributed by atoms with E-state index in [1.54, 1.807) is 7.11 Å². The summed E-state index contributed by atoms with van der Waals surface area (Å²) in [4.78, 5) is 11.9. The highest BCUT2D eigenvalue weighted by molar-refractivity contribution is 5.78. The molecule has 0 aromatic heterocycles. The molecule has 104 valence electrons. The van der Waals surface area contributed by atoms with Crippen LogP contribution in [-0.2, 0) is 11.2 Å². The second kappa shape index (κ2) is 7.29. The zero-order chi connectivity index (χ0) is 13.5. The molecule has 1 aromatic rings. The average molecular weight is 261 g/mol. The number of hydrogen-bond acceptors (Lipinski definition) is 3. The molecule has 19 heavy (non-hydrogen) atoms. The van der Waals surface area contributed by atoms with Crippen molar-refractivity contribution in [2.45, 2.75) is 32.1 Å². The molecule has 1 aliphatic rings. The van der Waals surface area contributed by atoms with E-state index in [4.69, 9.17) is 4.74 Å². The van der Waals surface area contributed by atoms with E-state index in [1.165, 1.54) is 12.0 Å². The number of methoxy groups -OCH3 is 1. The maximum Gasteiger partial charge on any atom is 0.133 e. The molecule has 1 N–H and O–H groups in total. The Morgan fingerprint density at radius 3 is 2.74 bits per heavy atom. The first-order chi connectivity index (χ1) is 9.28. The molecule has 2 rings (SSSR count). The molecule has 3 heteroatoms. The Kier molecular flexibility index (Phi) is 5.40. The van der Waals surface area contributed by atoms with Gasteiger partial charge in [0.25, 0.3) is 0 Å². The molecular formula is C16H23NO2. The first-order valence-corrected chi connectivity index (χ1v) is 7.13. The summed E-state index contributed by atoms with van der Waals surface area (Å²) in [6.45, 7) is 2.20. The van der Waals surface area contributed by atoms with Crippen LogP contribution in [0.1, 0.15) is 31.2 Å². The highest BCUT2D eigenvalue weighted by Crippen LogP contribution is 2.16. The molecule has 1 aromatic carbocycles. The Hall–Kier alpha value is -1.35. The Morgan fingerprint density at radius 1 is 1.32 bits per heavy atom. The number of rotatable bonds is 7. The number of ketones is 1. The normalized spacial score (nSPS) is 18.5. The fraction of sp³-hybridized carbons (Fsp3) is 0.562. The molecule has 0 saturated carbocycles. The first-order valence-electron chi connectivity index (χ1n) is 7.13. The van der Waals surface area contributed by atoms with Crippen molar-refractivity contribution in [3.8, 4) is 5.75 Å². The number of benzene rings is 1. The molecule has 0 bridgehead atoms. The molecule has 1 heterocycles. The van der Waals surface area contributed by atoms with E-state index in [0.717, 1.165) is 38.1 Å². The minimum atomic E-state index is 0.391. The van der Waals surface area contributed by atoms with Crippen molar-refractivity contribution in [3.63, 3.8) is 0 Å². The van der Waals surface area contributed by atoms with Gasteiger partial charge in [-0.25, -0.2) is 0 Å². The largest absolute Gasteiger partial charge is 0.497 e. The first kappa shape index (κ1) is 14.1. The van der Waals surface area contributed by atoms with Crippen molar-refractivity contribution >= 4 is 5.78 Å². The number of ether oxygens (including phenoxy) is 1. The fourth-order valence-electron chi connectivity index (χ4n) is 2.53. The number of carbonyl (C=O) groups is 1. The van der Waals surface area contributed by atoms with Gasteiger partial charge >= 0.3 is 0 Å². The number of aryl methyl sites for hydroxylation is 1. The van der Waals surface area contributed by atoms with Crippen molar-refractivity contribution in [2.24, 2.45) is 5.92 Å². The van der Waals surface area contributed by atoms with Gasteiger partial charge in [0.2, 0.25) is 0 Å². The van der Waals surface area contributed by atoms with Gasteiger partial charge in [0, 0.05) is 12.8 Å². The summed E-state index contributed by atoms with van der Waals surface area (Å²) in [6.07, 6.45) is 4.51. The Bertz CT molecular complexity index is 394. The second-order valence-electron chi connectivity index (χ2n) is 5.28. The molecule has 0 aliphatic carbocycles. The summed E-state index contributed by atoms with van der Waals surface area (Å²) in [7, 11) is 1.66. The van der Waals surface area contributed by atoms with Crippen LogP contribution in [0.15, 0.2) is 24.3 Å². The lowest BCUT2D eigenvalue weighted by molar-refractivity contribution is -0.119. The summed E-state index contributed by atoms with van der Waals surface area (Å²) >= 11 is 0. The van der Waals surface area contributed by atoms with Crippen LogP contribution in [0.3, 0.4) is 0 Å². The van der Waals surface area contributed by atoms with Gasteiger partial charge in [-0.05, 0) is 56.0 Å². The highest BCUT2D eigenvalue weighted by atomic mass is 16.5. The van der Waals surface area contributed by atoms with E-state index in [9.17, 15) is 4.79 Å². The van der Waals surface area contributed by atoms with E-state index < -0.39 is 0 Å². The van der Waals surface area contributed by atoms with Crippen LogP contribution in [-0.4, -0.2) is 26.0 Å². The molecule has 0 amide bonds. The quantitative estimate of drug-likeness (QED) is 0.820. The Morgan fingerprint density at radius 2 is 2.11 bits per heavy atom. The van der Waals surface area contributed by atoms with Crippen molar-refractivity contribution < 1.29 is 9.53 Å². The minimum absolute atomic E-state index is 0.391. The summed E-state index contributed by atoms with van der Waals surface area (Å²) in [5, 5.41) is 3.34. The van der Waals surface area contributed by atoms with Crippen molar-refractivity contribution in [3.05, 3.63) is 29.8 Å². The minimum Gasteiger partial charge on any atom is -0.497 e. The van der Waals surface area contributed by atoms with Gasteiger partial charge in [-0.3, -0.25) is 4.79 Å². The lowest BCUT2D eigenvalue weighted by atomic mass is 9.98. The van der Waals surface area contributed by atoms with Gasteiger partial charge in [0.15, 0.2) is 0 Å². The summed E-state index contributed by atoms with van der Waals surface area (Å²) in [6, 6.07) is 7.97. The molecule has 1 unspecified atom stereocenters. The molecule has 1 atom stereocenters. The van der Waals surface area contributed by atoms with Crippen LogP contribution >= 0.6 is 0 Å². The third-order valence-corrected chi connectivity index (χ3v) is 3.85. The van der Waals surface area contributed by atoms with Crippen LogP contribution in [0, 0.1) is 5.92 Å². The zero-order valence-electron chi connectivity index (χ0n) is 11.7. The maximum atomic E-state index is 11.9.